The fourth-order valence-corrected chi connectivity index (χ4v) is 2.66. The van der Waals surface area contributed by atoms with Gasteiger partial charge < -0.3 is 24.8 Å². The quantitative estimate of drug-likeness (QED) is 0.681. The normalized spacial score (nSPS) is 11.8. The third-order valence-electron chi connectivity index (χ3n) is 4.14. The molecular weight excluding hydrogens is 360 g/mol. The van der Waals surface area contributed by atoms with Crippen molar-refractivity contribution < 1.29 is 19.0 Å². The summed E-state index contributed by atoms with van der Waals surface area (Å²) in [6.07, 6.45) is 2.94. The molecule has 0 saturated heterocycles. The van der Waals surface area contributed by atoms with Gasteiger partial charge in [-0.3, -0.25) is 4.79 Å². The third-order valence-corrected chi connectivity index (χ3v) is 4.14. The summed E-state index contributed by atoms with van der Waals surface area (Å²) in [4.78, 5) is 20.7. The third kappa shape index (κ3) is 3.96. The average molecular weight is 378 g/mol. The first kappa shape index (κ1) is 17.6. The number of amides is 1. The number of methoxy groups -OCH3 is 1. The molecule has 4 rings (SSSR count). The molecule has 3 aromatic rings. The van der Waals surface area contributed by atoms with Gasteiger partial charge in [-0.2, -0.15) is 0 Å². The average Bonchev–Trinajstić information content (AvgIpc) is 3.21. The summed E-state index contributed by atoms with van der Waals surface area (Å²) >= 11 is 0. The first-order valence-corrected chi connectivity index (χ1v) is 8.61. The van der Waals surface area contributed by atoms with E-state index in [2.05, 4.69) is 20.6 Å². The van der Waals surface area contributed by atoms with Crippen LogP contribution in [0.15, 0.2) is 54.9 Å². The van der Waals surface area contributed by atoms with Crippen LogP contribution in [-0.4, -0.2) is 29.8 Å². The van der Waals surface area contributed by atoms with E-state index in [0.29, 0.717) is 23.9 Å². The molecule has 0 unspecified atom stereocenters. The first-order valence-electron chi connectivity index (χ1n) is 8.61. The Balaban J connectivity index is 1.34. The molecule has 0 aliphatic carbocycles. The lowest BCUT2D eigenvalue weighted by Gasteiger charge is -2.08. The number of benzene rings is 2. The van der Waals surface area contributed by atoms with E-state index in [1.54, 1.807) is 7.11 Å². The summed E-state index contributed by atoms with van der Waals surface area (Å²) in [6, 6.07) is 13.0. The standard InChI is InChI=1S/C20H18N4O4/c1-26-15-5-3-14(4-6-15)24-19-11-21-16(10-22-19)20(25)23-9-13-2-7-17-18(8-13)28-12-27-17/h2-8,10-11H,9,12H2,1H3,(H,22,24)(H,23,25). The highest BCUT2D eigenvalue weighted by Crippen LogP contribution is 2.32. The number of rotatable bonds is 6. The van der Waals surface area contributed by atoms with Crippen LogP contribution in [0.2, 0.25) is 0 Å². The lowest BCUT2D eigenvalue weighted by atomic mass is 10.2. The molecule has 0 atom stereocenters. The highest BCUT2D eigenvalue weighted by molar-refractivity contribution is 5.92. The zero-order valence-electron chi connectivity index (χ0n) is 15.1. The van der Waals surface area contributed by atoms with Gasteiger partial charge in [0, 0.05) is 12.2 Å². The van der Waals surface area contributed by atoms with E-state index in [1.807, 2.05) is 42.5 Å². The van der Waals surface area contributed by atoms with E-state index < -0.39 is 0 Å². The summed E-state index contributed by atoms with van der Waals surface area (Å²) in [5.74, 6) is 2.39. The second kappa shape index (κ2) is 7.83. The predicted molar refractivity (Wildman–Crippen MR) is 102 cm³/mol. The van der Waals surface area contributed by atoms with Gasteiger partial charge in [0.05, 0.1) is 19.5 Å². The maximum Gasteiger partial charge on any atom is 0.271 e. The van der Waals surface area contributed by atoms with Crippen LogP contribution < -0.4 is 24.8 Å². The van der Waals surface area contributed by atoms with Crippen molar-refractivity contribution in [1.29, 1.82) is 0 Å². The molecule has 0 bridgehead atoms. The Labute approximate surface area is 161 Å². The van der Waals surface area contributed by atoms with Crippen LogP contribution >= 0.6 is 0 Å². The van der Waals surface area contributed by atoms with Gasteiger partial charge in [-0.1, -0.05) is 6.07 Å². The molecule has 0 fully saturated rings. The van der Waals surface area contributed by atoms with E-state index in [-0.39, 0.29) is 18.4 Å². The maximum atomic E-state index is 12.3. The van der Waals surface area contributed by atoms with Crippen LogP contribution in [0.1, 0.15) is 16.1 Å². The van der Waals surface area contributed by atoms with Gasteiger partial charge in [-0.15, -0.1) is 0 Å². The Morgan fingerprint density at radius 2 is 1.89 bits per heavy atom. The van der Waals surface area contributed by atoms with E-state index in [9.17, 15) is 4.79 Å². The van der Waals surface area contributed by atoms with Crippen molar-refractivity contribution in [3.8, 4) is 17.2 Å². The molecule has 1 aromatic heterocycles. The summed E-state index contributed by atoms with van der Waals surface area (Å²) in [6.45, 7) is 0.570. The Bertz CT molecular complexity index is 975. The van der Waals surface area contributed by atoms with Gasteiger partial charge in [0.1, 0.15) is 17.3 Å². The molecule has 8 heteroatoms. The number of nitrogens with one attached hydrogen (secondary N) is 2. The van der Waals surface area contributed by atoms with Crippen LogP contribution in [0.25, 0.3) is 0 Å². The zero-order chi connectivity index (χ0) is 19.3. The van der Waals surface area contributed by atoms with Gasteiger partial charge in [0.15, 0.2) is 11.5 Å². The first-order chi connectivity index (χ1) is 13.7. The number of anilines is 2. The molecule has 2 N–H and O–H groups in total. The molecule has 1 amide bonds. The number of aromatic nitrogens is 2. The number of hydrogen-bond acceptors (Lipinski definition) is 7. The van der Waals surface area contributed by atoms with Crippen LogP contribution in [0.5, 0.6) is 17.2 Å². The van der Waals surface area contributed by atoms with Crippen molar-refractivity contribution >= 4 is 17.4 Å². The number of carbonyl (C=O) groups excluding carboxylic acids is 1. The molecule has 0 saturated carbocycles. The fourth-order valence-electron chi connectivity index (χ4n) is 2.66. The molecule has 2 heterocycles. The van der Waals surface area contributed by atoms with Crippen molar-refractivity contribution in [3.05, 3.63) is 66.1 Å². The van der Waals surface area contributed by atoms with Gasteiger partial charge in [-0.05, 0) is 42.0 Å². The molecule has 28 heavy (non-hydrogen) atoms. The minimum atomic E-state index is -0.304. The highest BCUT2D eigenvalue weighted by Gasteiger charge is 2.14. The van der Waals surface area contributed by atoms with Crippen molar-refractivity contribution in [3.63, 3.8) is 0 Å². The minimum Gasteiger partial charge on any atom is -0.497 e. The molecule has 8 nitrogen and oxygen atoms in total. The number of hydrogen-bond donors (Lipinski definition) is 2. The molecule has 142 valence electrons. The lowest BCUT2D eigenvalue weighted by Crippen LogP contribution is -2.24. The SMILES string of the molecule is COc1ccc(Nc2cnc(C(=O)NCc3ccc4c(c3)OCO4)cn2)cc1. The van der Waals surface area contributed by atoms with Gasteiger partial charge in [-0.25, -0.2) is 9.97 Å². The van der Waals surface area contributed by atoms with Crippen LogP contribution in [0.4, 0.5) is 11.5 Å². The van der Waals surface area contributed by atoms with E-state index in [4.69, 9.17) is 14.2 Å². The molecule has 1 aliphatic heterocycles. The second-order valence-electron chi connectivity index (χ2n) is 6.01. The van der Waals surface area contributed by atoms with Crippen molar-refractivity contribution in [2.45, 2.75) is 6.54 Å². The number of fused-ring (bicyclic) bond motifs is 1. The Morgan fingerprint density at radius 3 is 2.64 bits per heavy atom. The maximum absolute atomic E-state index is 12.3. The Morgan fingerprint density at radius 1 is 1.07 bits per heavy atom. The van der Waals surface area contributed by atoms with E-state index in [0.717, 1.165) is 17.0 Å². The monoisotopic (exact) mass is 378 g/mol. The smallest absolute Gasteiger partial charge is 0.271 e. The summed E-state index contributed by atoms with van der Waals surface area (Å²) in [5.41, 5.74) is 1.99. The molecule has 0 spiro atoms. The number of carbonyl (C=O) groups is 1. The molecule has 1 aliphatic rings. The lowest BCUT2D eigenvalue weighted by molar-refractivity contribution is 0.0945. The van der Waals surface area contributed by atoms with E-state index >= 15 is 0 Å². The topological polar surface area (TPSA) is 94.6 Å². The molecule has 2 aromatic carbocycles. The Kier molecular flexibility index (Phi) is 4.92. The second-order valence-corrected chi connectivity index (χ2v) is 6.01. The summed E-state index contributed by atoms with van der Waals surface area (Å²) in [5, 5.41) is 5.93. The van der Waals surface area contributed by atoms with E-state index in [1.165, 1.54) is 12.4 Å². The van der Waals surface area contributed by atoms with Crippen molar-refractivity contribution in [2.24, 2.45) is 0 Å². The van der Waals surface area contributed by atoms with Crippen LogP contribution in [-0.2, 0) is 6.54 Å². The van der Waals surface area contributed by atoms with Gasteiger partial charge in [0.25, 0.3) is 5.91 Å². The molecule has 0 radical (unpaired) electrons. The minimum absolute atomic E-state index is 0.220. The van der Waals surface area contributed by atoms with Gasteiger partial charge in [0.2, 0.25) is 6.79 Å². The van der Waals surface area contributed by atoms with Gasteiger partial charge >= 0.3 is 0 Å². The summed E-state index contributed by atoms with van der Waals surface area (Å²) in [7, 11) is 1.62. The summed E-state index contributed by atoms with van der Waals surface area (Å²) < 4.78 is 15.7. The number of ether oxygens (including phenoxy) is 3. The highest BCUT2D eigenvalue weighted by atomic mass is 16.7. The van der Waals surface area contributed by atoms with Crippen molar-refractivity contribution in [2.75, 3.05) is 19.2 Å². The predicted octanol–water partition coefficient (Wildman–Crippen LogP) is 2.89. The largest absolute Gasteiger partial charge is 0.497 e. The fraction of sp³-hybridized carbons (Fsp3) is 0.150. The zero-order valence-corrected chi connectivity index (χ0v) is 15.1. The van der Waals surface area contributed by atoms with Crippen molar-refractivity contribution in [1.82, 2.24) is 15.3 Å². The Hall–Kier alpha value is -3.81. The van der Waals surface area contributed by atoms with Crippen LogP contribution in [0.3, 0.4) is 0 Å². The molecular formula is C20H18N4O4. The van der Waals surface area contributed by atoms with Crippen LogP contribution in [0, 0.1) is 0 Å². The number of nitrogens with zero attached hydrogens (tertiary/aromatic N) is 2.